The quantitative estimate of drug-likeness (QED) is 0.118. The average molecular weight is 743 g/mol. The number of rotatable bonds is 6. The van der Waals surface area contributed by atoms with Crippen molar-refractivity contribution in [3.63, 3.8) is 0 Å². The zero-order valence-electron chi connectivity index (χ0n) is 28.7. The second-order valence-corrected chi connectivity index (χ2v) is 17.6. The fourth-order valence-corrected chi connectivity index (χ4v) is 5.74. The van der Waals surface area contributed by atoms with Crippen LogP contribution in [0.5, 0.6) is 0 Å². The molecule has 46 heavy (non-hydrogen) atoms. The van der Waals surface area contributed by atoms with E-state index in [1.54, 1.807) is 0 Å². The van der Waals surface area contributed by atoms with E-state index in [9.17, 15) is 0 Å². The monoisotopic (exact) mass is 740 g/mol. The van der Waals surface area contributed by atoms with Gasteiger partial charge in [0.2, 0.25) is 0 Å². The van der Waals surface area contributed by atoms with Gasteiger partial charge in [0.25, 0.3) is 0 Å². The van der Waals surface area contributed by atoms with Gasteiger partial charge in [0.1, 0.15) is 0 Å². The van der Waals surface area contributed by atoms with Gasteiger partial charge in [-0.25, -0.2) is 0 Å². The Morgan fingerprint density at radius 2 is 0.913 bits per heavy atom. The van der Waals surface area contributed by atoms with Crippen LogP contribution in [0.4, 0.5) is 0 Å². The fourth-order valence-electron chi connectivity index (χ4n) is 5.74. The number of fused-ring (bicyclic) bond motifs is 2. The first-order chi connectivity index (χ1) is 22.1. The van der Waals surface area contributed by atoms with Crippen LogP contribution in [0.25, 0.3) is 43.8 Å². The molecule has 0 nitrogen and oxygen atoms in total. The Balaban J connectivity index is 0.000000214. The van der Waals surface area contributed by atoms with Crippen molar-refractivity contribution in [2.75, 3.05) is 0 Å². The van der Waals surface area contributed by atoms with Crippen LogP contribution in [0.2, 0.25) is 13.1 Å². The van der Waals surface area contributed by atoms with Gasteiger partial charge < -0.3 is 0 Å². The summed E-state index contributed by atoms with van der Waals surface area (Å²) in [5, 5.41) is 5.48. The molecule has 6 aromatic carbocycles. The molecule has 0 aromatic heterocycles. The van der Waals surface area contributed by atoms with Crippen molar-refractivity contribution in [1.82, 2.24) is 0 Å². The zero-order valence-corrected chi connectivity index (χ0v) is 33.7. The first-order valence-electron chi connectivity index (χ1n) is 16.2. The van der Waals surface area contributed by atoms with E-state index in [1.807, 2.05) is 0 Å². The van der Waals surface area contributed by atoms with Gasteiger partial charge in [-0.1, -0.05) is 124 Å². The summed E-state index contributed by atoms with van der Waals surface area (Å²) in [5.74, 6) is 1.41. The van der Waals surface area contributed by atoms with Crippen LogP contribution in [0.1, 0.15) is 49.9 Å². The third-order valence-electron chi connectivity index (χ3n) is 7.63. The van der Waals surface area contributed by atoms with E-state index in [1.165, 1.54) is 66.1 Å². The first kappa shape index (κ1) is 38.2. The molecule has 238 valence electrons. The molecule has 0 amide bonds. The molecular formula is C42H48Cl2SiZr. The van der Waals surface area contributed by atoms with Gasteiger partial charge in [-0.15, -0.1) is 69.1 Å². The second-order valence-electron chi connectivity index (χ2n) is 12.8. The van der Waals surface area contributed by atoms with Crippen molar-refractivity contribution in [3.05, 3.63) is 131 Å². The van der Waals surface area contributed by atoms with E-state index in [4.69, 9.17) is 17.0 Å². The van der Waals surface area contributed by atoms with E-state index < -0.39 is 20.8 Å². The Morgan fingerprint density at radius 3 is 1.22 bits per heavy atom. The van der Waals surface area contributed by atoms with Gasteiger partial charge in [-0.05, 0) is 49.7 Å². The normalized spacial score (nSPS) is 10.5. The second kappa shape index (κ2) is 19.6. The van der Waals surface area contributed by atoms with E-state index in [-0.39, 0.29) is 0 Å². The van der Waals surface area contributed by atoms with Crippen LogP contribution in [-0.2, 0) is 33.7 Å². The van der Waals surface area contributed by atoms with Gasteiger partial charge in [-0.3, -0.25) is 0 Å². The van der Waals surface area contributed by atoms with Gasteiger partial charge in [0.15, 0.2) is 0 Å². The molecule has 0 fully saturated rings. The minimum atomic E-state index is -0.826. The maximum atomic E-state index is 4.93. The van der Waals surface area contributed by atoms with Crippen LogP contribution < -0.4 is 0 Å². The molecule has 6 rings (SSSR count). The Kier molecular flexibility index (Phi) is 16.3. The molecule has 4 heteroatoms. The summed E-state index contributed by atoms with van der Waals surface area (Å²) >= 11 is -0.826. The molecule has 0 saturated heterocycles. The van der Waals surface area contributed by atoms with Crippen LogP contribution in [0, 0.1) is 25.7 Å². The average Bonchev–Trinajstić information content (AvgIpc) is 3.61. The molecule has 0 N–H and O–H groups in total. The number of aryl methyl sites for hydroxylation is 2. The van der Waals surface area contributed by atoms with Crippen molar-refractivity contribution >= 4 is 48.1 Å². The zero-order chi connectivity index (χ0) is 33.6. The number of benzene rings is 4. The Labute approximate surface area is 299 Å². The predicted molar refractivity (Wildman–Crippen MR) is 206 cm³/mol. The summed E-state index contributed by atoms with van der Waals surface area (Å²) < 4.78 is 0. The predicted octanol–water partition coefficient (Wildman–Crippen LogP) is 13.6. The van der Waals surface area contributed by atoms with Crippen molar-refractivity contribution < 1.29 is 20.8 Å². The summed E-state index contributed by atoms with van der Waals surface area (Å²) in [4.78, 5) is 0. The summed E-state index contributed by atoms with van der Waals surface area (Å²) in [7, 11) is 11.0. The van der Waals surface area contributed by atoms with E-state index in [0.29, 0.717) is 11.8 Å². The van der Waals surface area contributed by atoms with E-state index >= 15 is 0 Å². The summed E-state index contributed by atoms with van der Waals surface area (Å²) in [6.45, 7) is 17.7. The SMILES string of the molecule is C[Si]C.Cc1ccc(-c2cccc3[cH-]c(CC(C)C)cc23)cc1.Cc1ccc(-c2cccc3[cH-]c(CC(C)C)cc23)cc1.[Cl][Zr+2][Cl]. The maximum absolute atomic E-state index is 4.93. The van der Waals surface area contributed by atoms with Crippen molar-refractivity contribution in [2.24, 2.45) is 11.8 Å². The van der Waals surface area contributed by atoms with Crippen LogP contribution in [0.15, 0.2) is 109 Å². The molecule has 0 saturated carbocycles. The third kappa shape index (κ3) is 11.5. The molecule has 0 aliphatic rings. The van der Waals surface area contributed by atoms with Gasteiger partial charge in [0.05, 0.1) is 0 Å². The first-order valence-corrected chi connectivity index (χ1v) is 24.5. The van der Waals surface area contributed by atoms with Gasteiger partial charge in [0, 0.05) is 9.52 Å². The minimum absolute atomic E-state index is 0.703. The Bertz CT molecular complexity index is 1610. The molecule has 0 aliphatic carbocycles. The molecule has 2 radical (unpaired) electrons. The van der Waals surface area contributed by atoms with Crippen molar-refractivity contribution in [1.29, 1.82) is 0 Å². The standard InChI is InChI=1S/2C20H21.C2H6Si.2ClH.Zr/c2*1-14(2)11-16-12-18-5-4-6-19(20(18)13-16)17-9-7-15(3)8-10-17;1-3-2;;;/h2*4-10,12-14H,11H2,1-3H3;1-2H3;2*1H;/q2*-1;;;;+4/p-2. The number of hydrogen-bond donors (Lipinski definition) is 0. The molecular weight excluding hydrogens is 695 g/mol. The van der Waals surface area contributed by atoms with Crippen LogP contribution >= 0.6 is 17.0 Å². The molecule has 0 heterocycles. The van der Waals surface area contributed by atoms with Crippen LogP contribution in [-0.4, -0.2) is 9.52 Å². The summed E-state index contributed by atoms with van der Waals surface area (Å²) in [6, 6.07) is 40.3. The molecule has 0 spiro atoms. The Hall–Kier alpha value is -2.22. The fraction of sp³-hybridized carbons (Fsp3) is 0.286. The summed E-state index contributed by atoms with van der Waals surface area (Å²) in [5.41, 5.74) is 10.8. The number of halogens is 2. The van der Waals surface area contributed by atoms with Gasteiger partial charge >= 0.3 is 37.9 Å². The van der Waals surface area contributed by atoms with Crippen molar-refractivity contribution in [2.45, 2.75) is 67.5 Å². The number of hydrogen-bond acceptors (Lipinski definition) is 0. The third-order valence-corrected chi connectivity index (χ3v) is 7.63. The molecule has 6 aromatic rings. The van der Waals surface area contributed by atoms with Crippen molar-refractivity contribution in [3.8, 4) is 22.3 Å². The van der Waals surface area contributed by atoms with Crippen LogP contribution in [0.3, 0.4) is 0 Å². The van der Waals surface area contributed by atoms with E-state index in [0.717, 1.165) is 22.4 Å². The molecule has 0 bridgehead atoms. The molecule has 0 aliphatic heterocycles. The molecule has 0 atom stereocenters. The Morgan fingerprint density at radius 1 is 0.587 bits per heavy atom. The summed E-state index contributed by atoms with van der Waals surface area (Å²) in [6.07, 6.45) is 2.31. The van der Waals surface area contributed by atoms with Gasteiger partial charge in [-0.2, -0.15) is 12.1 Å². The van der Waals surface area contributed by atoms with E-state index in [2.05, 4.69) is 164 Å². The topological polar surface area (TPSA) is 0 Å². The molecule has 0 unspecified atom stereocenters.